The predicted molar refractivity (Wildman–Crippen MR) is 67.9 cm³/mol. The van der Waals surface area contributed by atoms with Crippen LogP contribution < -0.4 is 0 Å². The first-order chi connectivity index (χ1) is 8.08. The van der Waals surface area contributed by atoms with Crippen molar-refractivity contribution in [2.45, 2.75) is 0 Å². The second kappa shape index (κ2) is 5.27. The van der Waals surface area contributed by atoms with Gasteiger partial charge in [0.15, 0.2) is 0 Å². The molecule has 0 spiro atoms. The first kappa shape index (κ1) is 12.7. The van der Waals surface area contributed by atoms with Gasteiger partial charge in [-0.2, -0.15) is 0 Å². The fourth-order valence-electron chi connectivity index (χ4n) is 1.65. The van der Waals surface area contributed by atoms with Gasteiger partial charge < -0.3 is 4.90 Å². The zero-order valence-electron chi connectivity index (χ0n) is 8.99. The van der Waals surface area contributed by atoms with E-state index < -0.39 is 10.8 Å². The third kappa shape index (κ3) is 2.93. The fourth-order valence-corrected chi connectivity index (χ4v) is 3.08. The average molecular weight is 320 g/mol. The molecule has 92 valence electrons. The normalized spacial score (nSPS) is 17.2. The van der Waals surface area contributed by atoms with Crippen molar-refractivity contribution in [3.63, 3.8) is 0 Å². The summed E-state index contributed by atoms with van der Waals surface area (Å²) < 4.78 is 24.5. The highest BCUT2D eigenvalue weighted by Crippen LogP contribution is 2.18. The van der Waals surface area contributed by atoms with Crippen molar-refractivity contribution in [3.05, 3.63) is 34.1 Å². The van der Waals surface area contributed by atoms with Gasteiger partial charge in [0.05, 0.1) is 4.47 Å². The number of halogens is 2. The maximum atomic E-state index is 13.0. The van der Waals surface area contributed by atoms with E-state index in [4.69, 9.17) is 0 Å². The molecule has 0 aromatic heterocycles. The molecule has 6 heteroatoms. The highest BCUT2D eigenvalue weighted by Gasteiger charge is 2.21. The molecule has 1 aromatic carbocycles. The van der Waals surface area contributed by atoms with E-state index in [9.17, 15) is 13.4 Å². The molecule has 17 heavy (non-hydrogen) atoms. The molecule has 2 rings (SSSR count). The highest BCUT2D eigenvalue weighted by atomic mass is 79.9. The largest absolute Gasteiger partial charge is 0.337 e. The van der Waals surface area contributed by atoms with Crippen LogP contribution in [0.5, 0.6) is 0 Å². The Labute approximate surface area is 110 Å². The van der Waals surface area contributed by atoms with Crippen LogP contribution in [0.3, 0.4) is 0 Å². The highest BCUT2D eigenvalue weighted by molar-refractivity contribution is 9.10. The van der Waals surface area contributed by atoms with Gasteiger partial charge in [-0.25, -0.2) is 4.39 Å². The molecule has 0 bridgehead atoms. The van der Waals surface area contributed by atoms with E-state index >= 15 is 0 Å². The molecule has 1 heterocycles. The first-order valence-electron chi connectivity index (χ1n) is 5.17. The summed E-state index contributed by atoms with van der Waals surface area (Å²) in [5, 5.41) is 0. The number of hydrogen-bond donors (Lipinski definition) is 0. The van der Waals surface area contributed by atoms with Gasteiger partial charge in [0.25, 0.3) is 5.91 Å². The minimum absolute atomic E-state index is 0.137. The van der Waals surface area contributed by atoms with E-state index in [1.54, 1.807) is 4.90 Å². The first-order valence-corrected chi connectivity index (χ1v) is 7.45. The second-order valence-electron chi connectivity index (χ2n) is 3.77. The Bertz CT molecular complexity index is 471. The Kier molecular flexibility index (Phi) is 3.93. The number of carbonyl (C=O) groups excluding carboxylic acids is 1. The van der Waals surface area contributed by atoms with Crippen molar-refractivity contribution in [1.82, 2.24) is 4.90 Å². The van der Waals surface area contributed by atoms with Crippen molar-refractivity contribution in [2.75, 3.05) is 24.6 Å². The van der Waals surface area contributed by atoms with Gasteiger partial charge in [-0.05, 0) is 34.1 Å². The van der Waals surface area contributed by atoms with Gasteiger partial charge in [0, 0.05) is 41.0 Å². The van der Waals surface area contributed by atoms with Gasteiger partial charge in [0.2, 0.25) is 0 Å². The van der Waals surface area contributed by atoms with E-state index in [0.29, 0.717) is 30.2 Å². The van der Waals surface area contributed by atoms with Crippen molar-refractivity contribution in [2.24, 2.45) is 0 Å². The zero-order chi connectivity index (χ0) is 12.4. The maximum Gasteiger partial charge on any atom is 0.253 e. The number of hydrogen-bond acceptors (Lipinski definition) is 2. The predicted octanol–water partition coefficient (Wildman–Crippen LogP) is 1.79. The third-order valence-corrected chi connectivity index (χ3v) is 4.52. The molecule has 1 aliphatic heterocycles. The summed E-state index contributed by atoms with van der Waals surface area (Å²) in [6.45, 7) is 1.00. The van der Waals surface area contributed by atoms with Gasteiger partial charge in [-0.1, -0.05) is 0 Å². The molecule has 0 saturated carbocycles. The molecule has 0 N–H and O–H groups in total. The van der Waals surface area contributed by atoms with Gasteiger partial charge in [-0.3, -0.25) is 9.00 Å². The number of carbonyl (C=O) groups is 1. The van der Waals surface area contributed by atoms with Crippen LogP contribution in [0.15, 0.2) is 22.7 Å². The summed E-state index contributed by atoms with van der Waals surface area (Å²) >= 11 is 3.05. The molecule has 1 saturated heterocycles. The molecule has 1 amide bonds. The molecular formula is C11H11BrFNO2S. The Morgan fingerprint density at radius 3 is 2.59 bits per heavy atom. The molecule has 1 fully saturated rings. The van der Waals surface area contributed by atoms with Crippen LogP contribution in [0.4, 0.5) is 4.39 Å². The Morgan fingerprint density at radius 1 is 1.35 bits per heavy atom. The van der Waals surface area contributed by atoms with Crippen LogP contribution in [-0.4, -0.2) is 39.6 Å². The third-order valence-electron chi connectivity index (χ3n) is 2.63. The van der Waals surface area contributed by atoms with Crippen molar-refractivity contribution >= 4 is 32.6 Å². The summed E-state index contributed by atoms with van der Waals surface area (Å²) in [6, 6.07) is 4.21. The van der Waals surface area contributed by atoms with Crippen LogP contribution in [0.1, 0.15) is 10.4 Å². The van der Waals surface area contributed by atoms with Crippen LogP contribution in [0.25, 0.3) is 0 Å². The van der Waals surface area contributed by atoms with Crippen LogP contribution in [-0.2, 0) is 10.8 Å². The number of rotatable bonds is 1. The minimum atomic E-state index is -0.805. The molecule has 1 aliphatic rings. The van der Waals surface area contributed by atoms with E-state index in [0.717, 1.165) is 0 Å². The second-order valence-corrected chi connectivity index (χ2v) is 6.32. The minimum Gasteiger partial charge on any atom is -0.337 e. The van der Waals surface area contributed by atoms with E-state index in [1.807, 2.05) is 0 Å². The number of nitrogens with zero attached hydrogens (tertiary/aromatic N) is 1. The quantitative estimate of drug-likeness (QED) is 0.791. The summed E-state index contributed by atoms with van der Waals surface area (Å²) in [7, 11) is -0.805. The van der Waals surface area contributed by atoms with Crippen molar-refractivity contribution < 1.29 is 13.4 Å². The van der Waals surface area contributed by atoms with Gasteiger partial charge in [-0.15, -0.1) is 0 Å². The lowest BCUT2D eigenvalue weighted by atomic mass is 10.2. The standard InChI is InChI=1S/C11H11BrFNO2S/c12-9-7-8(1-2-10(9)13)11(15)14-3-5-17(16)6-4-14/h1-2,7H,3-6H2. The summed E-state index contributed by atoms with van der Waals surface area (Å²) in [5.74, 6) is 0.520. The van der Waals surface area contributed by atoms with Crippen LogP contribution in [0, 0.1) is 5.82 Å². The summed E-state index contributed by atoms with van der Waals surface area (Å²) in [4.78, 5) is 13.7. The lowest BCUT2D eigenvalue weighted by Gasteiger charge is -2.26. The number of amides is 1. The summed E-state index contributed by atoms with van der Waals surface area (Å²) in [6.07, 6.45) is 0. The van der Waals surface area contributed by atoms with Crippen LogP contribution in [0.2, 0.25) is 0 Å². The van der Waals surface area contributed by atoms with Gasteiger partial charge in [0.1, 0.15) is 5.82 Å². The molecular weight excluding hydrogens is 309 g/mol. The SMILES string of the molecule is O=C(c1ccc(F)c(Br)c1)N1CCS(=O)CC1. The topological polar surface area (TPSA) is 37.4 Å². The molecule has 0 radical (unpaired) electrons. The Balaban J connectivity index is 2.14. The maximum absolute atomic E-state index is 13.0. The molecule has 0 aliphatic carbocycles. The van der Waals surface area contributed by atoms with Crippen LogP contribution >= 0.6 is 15.9 Å². The van der Waals surface area contributed by atoms with E-state index in [1.165, 1.54) is 18.2 Å². The average Bonchev–Trinajstić information content (AvgIpc) is 2.33. The van der Waals surface area contributed by atoms with Gasteiger partial charge >= 0.3 is 0 Å². The van der Waals surface area contributed by atoms with E-state index in [-0.39, 0.29) is 16.2 Å². The van der Waals surface area contributed by atoms with Crippen molar-refractivity contribution in [3.8, 4) is 0 Å². The molecule has 0 atom stereocenters. The zero-order valence-corrected chi connectivity index (χ0v) is 11.4. The lowest BCUT2D eigenvalue weighted by Crippen LogP contribution is -2.41. The molecule has 3 nitrogen and oxygen atoms in total. The van der Waals surface area contributed by atoms with Crippen molar-refractivity contribution in [1.29, 1.82) is 0 Å². The smallest absolute Gasteiger partial charge is 0.253 e. The lowest BCUT2D eigenvalue weighted by molar-refractivity contribution is 0.0771. The fraction of sp³-hybridized carbons (Fsp3) is 0.364. The Hall–Kier alpha value is -0.750. The monoisotopic (exact) mass is 319 g/mol. The number of benzene rings is 1. The molecule has 1 aromatic rings. The summed E-state index contributed by atoms with van der Waals surface area (Å²) in [5.41, 5.74) is 0.450. The Morgan fingerprint density at radius 2 is 2.00 bits per heavy atom. The molecule has 0 unspecified atom stereocenters. The van der Waals surface area contributed by atoms with E-state index in [2.05, 4.69) is 15.9 Å².